The maximum absolute atomic E-state index is 12.2. The molecule has 0 aromatic heterocycles. The molecule has 3 aliphatic rings. The summed E-state index contributed by atoms with van der Waals surface area (Å²) in [5.41, 5.74) is 0. The van der Waals surface area contributed by atoms with Gasteiger partial charge in [-0.15, -0.1) is 0 Å². The Morgan fingerprint density at radius 2 is 2.00 bits per heavy atom. The molecule has 1 N–H and O–H groups in total. The van der Waals surface area contributed by atoms with E-state index in [9.17, 15) is 9.90 Å². The van der Waals surface area contributed by atoms with Crippen molar-refractivity contribution in [1.82, 2.24) is 4.90 Å². The molecule has 3 nitrogen and oxygen atoms in total. The van der Waals surface area contributed by atoms with Crippen molar-refractivity contribution >= 4 is 25.3 Å². The Hall–Kier alpha value is -0.831. The molecule has 1 unspecified atom stereocenters. The maximum atomic E-state index is 12.2. The fourth-order valence-electron chi connectivity index (χ4n) is 4.60. The number of piperidine rings is 2. The van der Waals surface area contributed by atoms with Gasteiger partial charge in [-0.25, -0.2) is 0 Å². The summed E-state index contributed by atoms with van der Waals surface area (Å²) in [6.45, 7) is 0.939. The Labute approximate surface area is 138 Å². The summed E-state index contributed by atoms with van der Waals surface area (Å²) in [6.07, 6.45) is 4.78. The summed E-state index contributed by atoms with van der Waals surface area (Å²) < 4.78 is 1.38. The number of carbonyl (C=O) groups excluding carboxylic acids is 1. The molecule has 1 saturated carbocycles. The number of hydrogen-bond donors (Lipinski definition) is 1. The van der Waals surface area contributed by atoms with Gasteiger partial charge >= 0.3 is 138 Å². The molecule has 1 amide bonds. The van der Waals surface area contributed by atoms with Crippen LogP contribution in [0.25, 0.3) is 0 Å². The molecule has 2 heterocycles. The molecular formula is C18H23NO2Se. The van der Waals surface area contributed by atoms with Gasteiger partial charge in [-0.05, 0) is 0 Å². The van der Waals surface area contributed by atoms with Crippen molar-refractivity contribution in [3.05, 3.63) is 30.3 Å². The molecule has 2 saturated heterocycles. The molecule has 2 aliphatic heterocycles. The van der Waals surface area contributed by atoms with E-state index < -0.39 is 0 Å². The Morgan fingerprint density at radius 3 is 2.82 bits per heavy atom. The number of amides is 1. The molecule has 3 fully saturated rings. The molecule has 1 aromatic carbocycles. The predicted octanol–water partition coefficient (Wildman–Crippen LogP) is 1.59. The van der Waals surface area contributed by atoms with E-state index in [4.69, 9.17) is 0 Å². The minimum absolute atomic E-state index is 0.227. The van der Waals surface area contributed by atoms with E-state index >= 15 is 0 Å². The summed E-state index contributed by atoms with van der Waals surface area (Å²) in [6, 6.07) is 10.9. The number of hydrogen-bond acceptors (Lipinski definition) is 2. The molecular weight excluding hydrogens is 341 g/mol. The minimum atomic E-state index is -0.227. The summed E-state index contributed by atoms with van der Waals surface area (Å²) in [5, 5.41) is 10.9. The number of carbonyl (C=O) groups is 1. The second kappa shape index (κ2) is 5.99. The fourth-order valence-corrected chi connectivity index (χ4v) is 7.48. The van der Waals surface area contributed by atoms with Gasteiger partial charge in [0.15, 0.2) is 0 Å². The number of benzene rings is 1. The molecule has 4 rings (SSSR count). The predicted molar refractivity (Wildman–Crippen MR) is 87.2 cm³/mol. The van der Waals surface area contributed by atoms with Crippen LogP contribution in [0, 0.1) is 11.8 Å². The van der Waals surface area contributed by atoms with Crippen molar-refractivity contribution in [3.8, 4) is 0 Å². The number of aliphatic hydroxyl groups excluding tert-OH is 1. The number of fused-ring (bicyclic) bond motifs is 4. The average molecular weight is 364 g/mol. The Bertz CT molecular complexity index is 549. The molecule has 0 spiro atoms. The van der Waals surface area contributed by atoms with E-state index in [1.165, 1.54) is 4.46 Å². The van der Waals surface area contributed by atoms with Gasteiger partial charge in [0.25, 0.3) is 0 Å². The third-order valence-electron chi connectivity index (χ3n) is 5.58. The van der Waals surface area contributed by atoms with Crippen molar-refractivity contribution in [2.75, 3.05) is 6.54 Å². The van der Waals surface area contributed by atoms with Gasteiger partial charge in [-0.3, -0.25) is 0 Å². The molecule has 22 heavy (non-hydrogen) atoms. The van der Waals surface area contributed by atoms with Gasteiger partial charge in [0.05, 0.1) is 0 Å². The second-order valence-electron chi connectivity index (χ2n) is 6.97. The van der Waals surface area contributed by atoms with E-state index in [2.05, 4.69) is 35.2 Å². The van der Waals surface area contributed by atoms with Gasteiger partial charge in [0, 0.05) is 0 Å². The molecule has 1 aliphatic carbocycles. The van der Waals surface area contributed by atoms with Crippen LogP contribution in [0.2, 0.25) is 4.82 Å². The molecule has 5 atom stereocenters. The van der Waals surface area contributed by atoms with Gasteiger partial charge in [0.1, 0.15) is 0 Å². The monoisotopic (exact) mass is 365 g/mol. The first kappa shape index (κ1) is 14.7. The van der Waals surface area contributed by atoms with Crippen LogP contribution in [-0.4, -0.2) is 49.6 Å². The van der Waals surface area contributed by atoms with E-state index in [-0.39, 0.29) is 6.10 Å². The standard InChI is InChI=1S/C18H23NO2Se/c20-17-8-4-7-15-14-9-12(11-19(15)17)10-16(18(14)21)22-13-5-2-1-3-6-13/h1-3,5-6,12,14-16,18,21H,4,7-11H2/t12-,14-,15-,16?,18-/m1/s1. The quantitative estimate of drug-likeness (QED) is 0.810. The van der Waals surface area contributed by atoms with Crippen LogP contribution in [0.15, 0.2) is 30.3 Å². The van der Waals surface area contributed by atoms with Crippen molar-refractivity contribution < 1.29 is 9.90 Å². The van der Waals surface area contributed by atoms with E-state index in [1.807, 2.05) is 0 Å². The fraction of sp³-hybridized carbons (Fsp3) is 0.611. The molecule has 0 radical (unpaired) electrons. The van der Waals surface area contributed by atoms with E-state index in [0.717, 1.165) is 32.2 Å². The molecule has 1 aromatic rings. The van der Waals surface area contributed by atoms with E-state index in [1.54, 1.807) is 0 Å². The van der Waals surface area contributed by atoms with Crippen LogP contribution in [-0.2, 0) is 4.79 Å². The molecule has 2 bridgehead atoms. The Morgan fingerprint density at radius 1 is 1.18 bits per heavy atom. The van der Waals surface area contributed by atoms with Crippen molar-refractivity contribution in [1.29, 1.82) is 0 Å². The summed E-state index contributed by atoms with van der Waals surface area (Å²) in [4.78, 5) is 14.7. The van der Waals surface area contributed by atoms with Gasteiger partial charge in [-0.1, -0.05) is 0 Å². The van der Waals surface area contributed by atoms with Gasteiger partial charge < -0.3 is 0 Å². The van der Waals surface area contributed by atoms with Crippen LogP contribution in [0.5, 0.6) is 0 Å². The Kier molecular flexibility index (Phi) is 4.02. The zero-order chi connectivity index (χ0) is 15.1. The van der Waals surface area contributed by atoms with Crippen LogP contribution >= 0.6 is 0 Å². The van der Waals surface area contributed by atoms with Crippen LogP contribution in [0.3, 0.4) is 0 Å². The van der Waals surface area contributed by atoms with Gasteiger partial charge in [0.2, 0.25) is 0 Å². The second-order valence-corrected chi connectivity index (χ2v) is 9.72. The summed E-state index contributed by atoms with van der Waals surface area (Å²) in [5.74, 6) is 1.24. The third kappa shape index (κ3) is 2.62. The first-order valence-electron chi connectivity index (χ1n) is 8.41. The zero-order valence-corrected chi connectivity index (χ0v) is 14.4. The van der Waals surface area contributed by atoms with Crippen molar-refractivity contribution in [2.24, 2.45) is 11.8 Å². The van der Waals surface area contributed by atoms with Crippen molar-refractivity contribution in [3.63, 3.8) is 0 Å². The van der Waals surface area contributed by atoms with Crippen LogP contribution in [0.4, 0.5) is 0 Å². The summed E-state index contributed by atoms with van der Waals surface area (Å²) in [7, 11) is 0. The number of nitrogens with zero attached hydrogens (tertiary/aromatic N) is 1. The Balaban J connectivity index is 1.53. The third-order valence-corrected chi connectivity index (χ3v) is 8.35. The first-order chi connectivity index (χ1) is 10.7. The topological polar surface area (TPSA) is 40.5 Å². The summed E-state index contributed by atoms with van der Waals surface area (Å²) >= 11 is 0.332. The first-order valence-corrected chi connectivity index (χ1v) is 10.3. The zero-order valence-electron chi connectivity index (χ0n) is 12.7. The van der Waals surface area contributed by atoms with Crippen LogP contribution < -0.4 is 4.46 Å². The molecule has 4 heteroatoms. The SMILES string of the molecule is O=C1CCC[C@@H]2[C@H]3C[C@H](CC([Se]c4ccccc4)[C@@H]3O)CN12. The van der Waals surface area contributed by atoms with Crippen molar-refractivity contribution in [2.45, 2.75) is 49.1 Å². The molecule has 118 valence electrons. The van der Waals surface area contributed by atoms with Crippen LogP contribution in [0.1, 0.15) is 32.1 Å². The average Bonchev–Trinajstić information content (AvgIpc) is 2.54. The number of rotatable bonds is 2. The van der Waals surface area contributed by atoms with E-state index in [0.29, 0.717) is 50.0 Å². The number of aliphatic hydroxyl groups is 1. The normalized spacial score (nSPS) is 37.8. The van der Waals surface area contributed by atoms with Gasteiger partial charge in [-0.2, -0.15) is 0 Å².